The Kier molecular flexibility index (Phi) is 4.30. The molecule has 0 unspecified atom stereocenters. The van der Waals surface area contributed by atoms with E-state index in [1.165, 1.54) is 18.2 Å². The maximum Gasteiger partial charge on any atom is 0.166 e. The second-order valence-electron chi connectivity index (χ2n) is 4.16. The van der Waals surface area contributed by atoms with Gasteiger partial charge in [-0.25, -0.2) is 4.39 Å². The van der Waals surface area contributed by atoms with Gasteiger partial charge in [0.1, 0.15) is 5.75 Å². The van der Waals surface area contributed by atoms with E-state index in [4.69, 9.17) is 33.7 Å². The van der Waals surface area contributed by atoms with Crippen molar-refractivity contribution in [3.8, 4) is 11.5 Å². The zero-order valence-electron chi connectivity index (χ0n) is 10.2. The molecule has 2 aromatic carbocycles. The van der Waals surface area contributed by atoms with E-state index < -0.39 is 5.82 Å². The average molecular weight is 300 g/mol. The summed E-state index contributed by atoms with van der Waals surface area (Å²) < 4.78 is 19.3. The fraction of sp³-hybridized carbons (Fsp3) is 0.143. The van der Waals surface area contributed by atoms with Crippen molar-refractivity contribution >= 4 is 23.2 Å². The van der Waals surface area contributed by atoms with E-state index in [0.29, 0.717) is 21.4 Å². The van der Waals surface area contributed by atoms with E-state index in [2.05, 4.69) is 0 Å². The minimum Gasteiger partial charge on any atom is -0.454 e. The Morgan fingerprint density at radius 2 is 1.84 bits per heavy atom. The molecule has 0 fully saturated rings. The smallest absolute Gasteiger partial charge is 0.166 e. The molecular weight excluding hydrogens is 288 g/mol. The van der Waals surface area contributed by atoms with Gasteiger partial charge >= 0.3 is 0 Å². The van der Waals surface area contributed by atoms with Crippen LogP contribution >= 0.6 is 23.2 Å². The molecule has 0 heterocycles. The first-order valence-electron chi connectivity index (χ1n) is 5.65. The Morgan fingerprint density at radius 1 is 1.11 bits per heavy atom. The number of benzene rings is 2. The minimum absolute atomic E-state index is 0.114. The number of ether oxygens (including phenoxy) is 1. The van der Waals surface area contributed by atoms with Crippen LogP contribution in [0.5, 0.6) is 11.5 Å². The van der Waals surface area contributed by atoms with Gasteiger partial charge in [0.15, 0.2) is 11.6 Å². The van der Waals surface area contributed by atoms with Crippen molar-refractivity contribution in [2.75, 3.05) is 0 Å². The van der Waals surface area contributed by atoms with E-state index in [1.54, 1.807) is 25.1 Å². The lowest BCUT2D eigenvalue weighted by Crippen LogP contribution is -2.05. The maximum absolute atomic E-state index is 13.8. The molecule has 19 heavy (non-hydrogen) atoms. The number of hydrogen-bond donors (Lipinski definition) is 1. The SMILES string of the molecule is C[C@@H](N)c1ccc(Oc2ccc(Cl)c(Cl)c2)c(F)c1. The number of halogens is 3. The van der Waals surface area contributed by atoms with Crippen molar-refractivity contribution in [3.63, 3.8) is 0 Å². The zero-order chi connectivity index (χ0) is 14.0. The third-order valence-corrected chi connectivity index (χ3v) is 3.34. The molecule has 0 saturated heterocycles. The molecule has 0 aliphatic rings. The predicted octanol–water partition coefficient (Wildman–Crippen LogP) is 4.94. The highest BCUT2D eigenvalue weighted by Crippen LogP contribution is 2.31. The molecule has 5 heteroatoms. The van der Waals surface area contributed by atoms with Crippen molar-refractivity contribution < 1.29 is 9.13 Å². The van der Waals surface area contributed by atoms with Crippen LogP contribution in [0.15, 0.2) is 36.4 Å². The van der Waals surface area contributed by atoms with Crippen molar-refractivity contribution in [2.45, 2.75) is 13.0 Å². The maximum atomic E-state index is 13.8. The third kappa shape index (κ3) is 3.38. The topological polar surface area (TPSA) is 35.2 Å². The fourth-order valence-electron chi connectivity index (χ4n) is 1.55. The first-order chi connectivity index (χ1) is 8.97. The molecule has 2 rings (SSSR count). The van der Waals surface area contributed by atoms with Crippen LogP contribution in [0.25, 0.3) is 0 Å². The summed E-state index contributed by atoms with van der Waals surface area (Å²) in [7, 11) is 0. The Labute approximate surface area is 120 Å². The van der Waals surface area contributed by atoms with Gasteiger partial charge in [-0.05, 0) is 36.8 Å². The molecule has 0 amide bonds. The summed E-state index contributed by atoms with van der Waals surface area (Å²) >= 11 is 11.7. The zero-order valence-corrected chi connectivity index (χ0v) is 11.7. The largest absolute Gasteiger partial charge is 0.454 e. The highest BCUT2D eigenvalue weighted by molar-refractivity contribution is 6.42. The lowest BCUT2D eigenvalue weighted by molar-refractivity contribution is 0.441. The predicted molar refractivity (Wildman–Crippen MR) is 75.5 cm³/mol. The van der Waals surface area contributed by atoms with Crippen molar-refractivity contribution in [3.05, 3.63) is 57.8 Å². The van der Waals surface area contributed by atoms with E-state index >= 15 is 0 Å². The van der Waals surface area contributed by atoms with Gasteiger partial charge in [0.25, 0.3) is 0 Å². The van der Waals surface area contributed by atoms with E-state index in [1.807, 2.05) is 0 Å². The number of nitrogens with two attached hydrogens (primary N) is 1. The normalized spacial score (nSPS) is 12.3. The van der Waals surface area contributed by atoms with E-state index in [-0.39, 0.29) is 11.8 Å². The third-order valence-electron chi connectivity index (χ3n) is 2.60. The number of rotatable bonds is 3. The second-order valence-corrected chi connectivity index (χ2v) is 4.97. The Hall–Kier alpha value is -1.29. The fourth-order valence-corrected chi connectivity index (χ4v) is 1.84. The number of hydrogen-bond acceptors (Lipinski definition) is 2. The first-order valence-corrected chi connectivity index (χ1v) is 6.41. The lowest BCUT2D eigenvalue weighted by atomic mass is 10.1. The van der Waals surface area contributed by atoms with Crippen LogP contribution in [0.1, 0.15) is 18.5 Å². The first kappa shape index (κ1) is 14.1. The highest BCUT2D eigenvalue weighted by atomic mass is 35.5. The molecule has 100 valence electrons. The van der Waals surface area contributed by atoms with Gasteiger partial charge in [-0.1, -0.05) is 29.3 Å². The Balaban J connectivity index is 2.25. The molecule has 0 spiro atoms. The summed E-state index contributed by atoms with van der Waals surface area (Å²) in [5.41, 5.74) is 6.39. The van der Waals surface area contributed by atoms with E-state index in [0.717, 1.165) is 0 Å². The standard InChI is InChI=1S/C14H12Cl2FNO/c1-8(18)9-2-5-14(13(17)6-9)19-10-3-4-11(15)12(16)7-10/h2-8H,18H2,1H3/t8-/m1/s1. The van der Waals surface area contributed by atoms with Gasteiger partial charge in [-0.15, -0.1) is 0 Å². The average Bonchev–Trinajstić information content (AvgIpc) is 2.36. The highest BCUT2D eigenvalue weighted by Gasteiger charge is 2.09. The van der Waals surface area contributed by atoms with Crippen LogP contribution in [0, 0.1) is 5.82 Å². The molecule has 0 aliphatic heterocycles. The van der Waals surface area contributed by atoms with Crippen molar-refractivity contribution in [2.24, 2.45) is 5.73 Å². The molecule has 2 N–H and O–H groups in total. The lowest BCUT2D eigenvalue weighted by Gasteiger charge is -2.10. The summed E-state index contributed by atoms with van der Waals surface area (Å²) in [6, 6.07) is 9.13. The van der Waals surface area contributed by atoms with Crippen molar-refractivity contribution in [1.82, 2.24) is 0 Å². The second kappa shape index (κ2) is 5.78. The summed E-state index contributed by atoms with van der Waals surface area (Å²) in [6.07, 6.45) is 0. The van der Waals surface area contributed by atoms with Crippen LogP contribution < -0.4 is 10.5 Å². The summed E-state index contributed by atoms with van der Waals surface area (Å²) in [5.74, 6) is 0.0607. The van der Waals surface area contributed by atoms with Gasteiger partial charge in [-0.2, -0.15) is 0 Å². The quantitative estimate of drug-likeness (QED) is 0.871. The molecule has 2 aromatic rings. The molecule has 0 bridgehead atoms. The molecule has 0 aliphatic carbocycles. The van der Waals surface area contributed by atoms with E-state index in [9.17, 15) is 4.39 Å². The van der Waals surface area contributed by atoms with Gasteiger partial charge in [0, 0.05) is 12.1 Å². The van der Waals surface area contributed by atoms with Crippen LogP contribution in [0.4, 0.5) is 4.39 Å². The minimum atomic E-state index is -0.471. The van der Waals surface area contributed by atoms with Gasteiger partial charge in [0.2, 0.25) is 0 Å². The van der Waals surface area contributed by atoms with Crippen molar-refractivity contribution in [1.29, 1.82) is 0 Å². The van der Waals surface area contributed by atoms with Crippen LogP contribution in [0.3, 0.4) is 0 Å². The molecule has 0 radical (unpaired) electrons. The summed E-state index contributed by atoms with van der Waals surface area (Å²) in [6.45, 7) is 1.79. The van der Waals surface area contributed by atoms with Gasteiger partial charge in [0.05, 0.1) is 10.0 Å². The van der Waals surface area contributed by atoms with Gasteiger partial charge in [-0.3, -0.25) is 0 Å². The monoisotopic (exact) mass is 299 g/mol. The molecular formula is C14H12Cl2FNO. The van der Waals surface area contributed by atoms with Crippen LogP contribution in [0.2, 0.25) is 10.0 Å². The summed E-state index contributed by atoms with van der Waals surface area (Å²) in [5, 5.41) is 0.772. The van der Waals surface area contributed by atoms with Gasteiger partial charge < -0.3 is 10.5 Å². The van der Waals surface area contributed by atoms with Crippen LogP contribution in [-0.4, -0.2) is 0 Å². The molecule has 0 aromatic heterocycles. The Morgan fingerprint density at radius 3 is 2.42 bits per heavy atom. The molecule has 2 nitrogen and oxygen atoms in total. The Bertz CT molecular complexity index is 602. The summed E-state index contributed by atoms with van der Waals surface area (Å²) in [4.78, 5) is 0. The van der Waals surface area contributed by atoms with Crippen LogP contribution in [-0.2, 0) is 0 Å². The molecule has 1 atom stereocenters. The molecule has 0 saturated carbocycles.